The lowest BCUT2D eigenvalue weighted by molar-refractivity contribution is -0.384. The highest BCUT2D eigenvalue weighted by molar-refractivity contribution is 9.10. The van der Waals surface area contributed by atoms with E-state index in [4.69, 9.17) is 0 Å². The molecule has 3 aliphatic rings. The summed E-state index contributed by atoms with van der Waals surface area (Å²) in [6, 6.07) is 5.27. The summed E-state index contributed by atoms with van der Waals surface area (Å²) in [7, 11) is 0. The molecule has 3 saturated heterocycles. The molecule has 0 amide bonds. The molecule has 1 unspecified atom stereocenters. The molecule has 5 nitrogen and oxygen atoms in total. The zero-order chi connectivity index (χ0) is 13.4. The number of halogens is 1. The van der Waals surface area contributed by atoms with E-state index in [1.807, 2.05) is 0 Å². The maximum Gasteiger partial charge on any atom is 0.271 e. The predicted molar refractivity (Wildman–Crippen MR) is 77.4 cm³/mol. The number of nitro groups is 1. The topological polar surface area (TPSA) is 58.4 Å². The van der Waals surface area contributed by atoms with Gasteiger partial charge in [-0.1, -0.05) is 0 Å². The van der Waals surface area contributed by atoms with E-state index in [0.29, 0.717) is 12.0 Å². The van der Waals surface area contributed by atoms with E-state index in [-0.39, 0.29) is 10.6 Å². The molecule has 6 heteroatoms. The van der Waals surface area contributed by atoms with Gasteiger partial charge < -0.3 is 10.2 Å². The fourth-order valence-corrected chi connectivity index (χ4v) is 3.43. The molecular weight excluding hydrogens is 310 g/mol. The number of nitrogens with zero attached hydrogens (tertiary/aromatic N) is 2. The minimum Gasteiger partial charge on any atom is -0.380 e. The van der Waals surface area contributed by atoms with E-state index in [0.717, 1.165) is 16.7 Å². The summed E-state index contributed by atoms with van der Waals surface area (Å²) in [5.41, 5.74) is 0.958. The van der Waals surface area contributed by atoms with Gasteiger partial charge in [0.2, 0.25) is 0 Å². The molecule has 3 fully saturated rings. The van der Waals surface area contributed by atoms with Crippen molar-refractivity contribution < 1.29 is 4.92 Å². The Labute approximate surface area is 120 Å². The second-order valence-electron chi connectivity index (χ2n) is 5.31. The lowest BCUT2D eigenvalue weighted by Gasteiger charge is -2.45. The first kappa shape index (κ1) is 12.9. The van der Waals surface area contributed by atoms with Crippen molar-refractivity contribution in [2.45, 2.75) is 18.9 Å². The molecule has 0 spiro atoms. The summed E-state index contributed by atoms with van der Waals surface area (Å²) in [6.07, 6.45) is 2.45. The van der Waals surface area contributed by atoms with Crippen molar-refractivity contribution in [3.8, 4) is 0 Å². The summed E-state index contributed by atoms with van der Waals surface area (Å²) in [4.78, 5) is 12.9. The molecular formula is C13H16BrN3O2. The van der Waals surface area contributed by atoms with Crippen molar-refractivity contribution in [3.63, 3.8) is 0 Å². The fraction of sp³-hybridized carbons (Fsp3) is 0.538. The van der Waals surface area contributed by atoms with E-state index in [1.165, 1.54) is 32.0 Å². The van der Waals surface area contributed by atoms with Gasteiger partial charge >= 0.3 is 0 Å². The van der Waals surface area contributed by atoms with Crippen LogP contribution in [0, 0.1) is 16.0 Å². The Balaban J connectivity index is 1.79. The standard InChI is InChI=1S/C13H16BrN3O2/c14-11-2-1-10(17(18)19)7-12(11)15-13-8-16-5-3-9(13)4-6-16/h1-2,7,9,13,15H,3-6,8H2. The molecule has 4 rings (SSSR count). The van der Waals surface area contributed by atoms with Gasteiger partial charge in [0.15, 0.2) is 0 Å². The van der Waals surface area contributed by atoms with Crippen LogP contribution in [0.4, 0.5) is 11.4 Å². The summed E-state index contributed by atoms with van der Waals surface area (Å²) >= 11 is 3.46. The predicted octanol–water partition coefficient (Wildman–Crippen LogP) is 2.86. The van der Waals surface area contributed by atoms with Crippen LogP contribution in [0.1, 0.15) is 12.8 Å². The smallest absolute Gasteiger partial charge is 0.271 e. The maximum absolute atomic E-state index is 10.8. The van der Waals surface area contributed by atoms with Crippen LogP contribution in [0.5, 0.6) is 0 Å². The molecule has 0 radical (unpaired) electrons. The number of anilines is 1. The van der Waals surface area contributed by atoms with Gasteiger partial charge in [-0.2, -0.15) is 0 Å². The molecule has 3 heterocycles. The van der Waals surface area contributed by atoms with E-state index < -0.39 is 0 Å². The van der Waals surface area contributed by atoms with Gasteiger partial charge in [-0.25, -0.2) is 0 Å². The Hall–Kier alpha value is -1.14. The molecule has 2 bridgehead atoms. The third-order valence-electron chi connectivity index (χ3n) is 4.16. The lowest BCUT2D eigenvalue weighted by Crippen LogP contribution is -2.53. The first-order valence-electron chi connectivity index (χ1n) is 6.56. The number of hydrogen-bond donors (Lipinski definition) is 1. The van der Waals surface area contributed by atoms with E-state index in [1.54, 1.807) is 12.1 Å². The van der Waals surface area contributed by atoms with Crippen LogP contribution < -0.4 is 5.32 Å². The Morgan fingerprint density at radius 2 is 2.11 bits per heavy atom. The highest BCUT2D eigenvalue weighted by Crippen LogP contribution is 2.33. The van der Waals surface area contributed by atoms with Crippen molar-refractivity contribution in [3.05, 3.63) is 32.8 Å². The third kappa shape index (κ3) is 2.60. The first-order valence-corrected chi connectivity index (χ1v) is 7.35. The van der Waals surface area contributed by atoms with Gasteiger partial charge in [-0.05, 0) is 53.8 Å². The number of benzene rings is 1. The van der Waals surface area contributed by atoms with Crippen molar-refractivity contribution in [1.82, 2.24) is 4.90 Å². The van der Waals surface area contributed by atoms with Crippen molar-refractivity contribution in [2.75, 3.05) is 25.0 Å². The Morgan fingerprint density at radius 1 is 1.37 bits per heavy atom. The second kappa shape index (κ2) is 5.09. The van der Waals surface area contributed by atoms with Crippen molar-refractivity contribution >= 4 is 27.3 Å². The molecule has 19 heavy (non-hydrogen) atoms. The number of hydrogen-bond acceptors (Lipinski definition) is 4. The molecule has 102 valence electrons. The van der Waals surface area contributed by atoms with Crippen LogP contribution >= 0.6 is 15.9 Å². The van der Waals surface area contributed by atoms with Crippen LogP contribution in [0.2, 0.25) is 0 Å². The Morgan fingerprint density at radius 3 is 2.68 bits per heavy atom. The second-order valence-corrected chi connectivity index (χ2v) is 6.16. The average molecular weight is 326 g/mol. The van der Waals surface area contributed by atoms with Gasteiger partial charge in [-0.3, -0.25) is 10.1 Å². The van der Waals surface area contributed by atoms with E-state index in [9.17, 15) is 10.1 Å². The van der Waals surface area contributed by atoms with Gasteiger partial charge in [0, 0.05) is 29.2 Å². The quantitative estimate of drug-likeness (QED) is 0.685. The lowest BCUT2D eigenvalue weighted by atomic mass is 9.84. The SMILES string of the molecule is O=[N+]([O-])c1ccc(Br)c(NC2CN3CCC2CC3)c1. The first-order chi connectivity index (χ1) is 9.13. The molecule has 1 aromatic carbocycles. The van der Waals surface area contributed by atoms with Crippen LogP contribution in [-0.2, 0) is 0 Å². The number of rotatable bonds is 3. The van der Waals surface area contributed by atoms with Gasteiger partial charge in [0.05, 0.1) is 10.6 Å². The molecule has 1 atom stereocenters. The normalized spacial score (nSPS) is 29.2. The highest BCUT2D eigenvalue weighted by atomic mass is 79.9. The molecule has 3 aliphatic heterocycles. The van der Waals surface area contributed by atoms with Gasteiger partial charge in [0.25, 0.3) is 5.69 Å². The zero-order valence-electron chi connectivity index (χ0n) is 10.5. The fourth-order valence-electron chi connectivity index (χ4n) is 3.07. The number of piperidine rings is 3. The third-order valence-corrected chi connectivity index (χ3v) is 4.85. The monoisotopic (exact) mass is 325 g/mol. The zero-order valence-corrected chi connectivity index (χ0v) is 12.1. The molecule has 1 N–H and O–H groups in total. The number of fused-ring (bicyclic) bond motifs is 3. The van der Waals surface area contributed by atoms with Crippen molar-refractivity contribution in [1.29, 1.82) is 0 Å². The summed E-state index contributed by atoms with van der Waals surface area (Å²) in [6.45, 7) is 3.43. The maximum atomic E-state index is 10.8. The summed E-state index contributed by atoms with van der Waals surface area (Å²) in [5.74, 6) is 0.691. The molecule has 1 aromatic rings. The summed E-state index contributed by atoms with van der Waals surface area (Å²) < 4.78 is 0.884. The largest absolute Gasteiger partial charge is 0.380 e. The van der Waals surface area contributed by atoms with Crippen LogP contribution in [0.25, 0.3) is 0 Å². The number of nitro benzene ring substituents is 1. The average Bonchev–Trinajstić information content (AvgIpc) is 2.42. The minimum absolute atomic E-state index is 0.131. The van der Waals surface area contributed by atoms with Crippen LogP contribution in [0.3, 0.4) is 0 Å². The van der Waals surface area contributed by atoms with E-state index in [2.05, 4.69) is 26.1 Å². The van der Waals surface area contributed by atoms with Gasteiger partial charge in [-0.15, -0.1) is 0 Å². The van der Waals surface area contributed by atoms with E-state index >= 15 is 0 Å². The Bertz CT molecular complexity index is 501. The Kier molecular flexibility index (Phi) is 3.45. The van der Waals surface area contributed by atoms with Crippen LogP contribution in [0.15, 0.2) is 22.7 Å². The number of nitrogens with one attached hydrogen (secondary N) is 1. The molecule has 0 aromatic heterocycles. The highest BCUT2D eigenvalue weighted by Gasteiger charge is 2.34. The molecule has 0 saturated carbocycles. The molecule has 0 aliphatic carbocycles. The minimum atomic E-state index is -0.353. The number of non-ortho nitro benzene ring substituents is 1. The summed E-state index contributed by atoms with van der Waals surface area (Å²) in [5, 5.41) is 14.3. The van der Waals surface area contributed by atoms with Gasteiger partial charge in [0.1, 0.15) is 0 Å². The van der Waals surface area contributed by atoms with Crippen molar-refractivity contribution in [2.24, 2.45) is 5.92 Å². The van der Waals surface area contributed by atoms with Crippen LogP contribution in [-0.4, -0.2) is 35.5 Å².